The molecule has 0 unspecified atom stereocenters. The van der Waals surface area contributed by atoms with Crippen LogP contribution in [0.25, 0.3) is 0 Å². The second-order valence-corrected chi connectivity index (χ2v) is 2.63. The Morgan fingerprint density at radius 2 is 1.31 bits per heavy atom. The van der Waals surface area contributed by atoms with Crippen LogP contribution in [-0.2, 0) is 0 Å². The second kappa shape index (κ2) is 11.2. The Morgan fingerprint density at radius 3 is 1.46 bits per heavy atom. The van der Waals surface area contributed by atoms with Gasteiger partial charge in [0.05, 0.1) is 0 Å². The van der Waals surface area contributed by atoms with Gasteiger partial charge in [-0.3, -0.25) is 4.98 Å². The van der Waals surface area contributed by atoms with Gasteiger partial charge >= 0.3 is 0 Å². The Morgan fingerprint density at radius 1 is 1.00 bits per heavy atom. The maximum atomic E-state index is 4.17. The molecule has 1 heteroatoms. The molecule has 1 heterocycles. The number of aromatic nitrogens is 1. The summed E-state index contributed by atoms with van der Waals surface area (Å²) in [6, 6.07) is 6.00. The zero-order valence-corrected chi connectivity index (χ0v) is 9.89. The van der Waals surface area contributed by atoms with E-state index in [9.17, 15) is 0 Å². The summed E-state index contributed by atoms with van der Waals surface area (Å²) in [5.74, 6) is 0. The Kier molecular flexibility index (Phi) is 12.6. The van der Waals surface area contributed by atoms with Crippen LogP contribution in [0.1, 0.15) is 45.5 Å². The third-order valence-electron chi connectivity index (χ3n) is 1.03. The predicted octanol–water partition coefficient (Wildman–Crippen LogP) is 4.14. The van der Waals surface area contributed by atoms with Crippen LogP contribution in [0.3, 0.4) is 0 Å². The van der Waals surface area contributed by atoms with E-state index >= 15 is 0 Å². The molecule has 0 saturated carbocycles. The Hall–Kier alpha value is -0.850. The molecule has 0 amide bonds. The van der Waals surface area contributed by atoms with E-state index in [2.05, 4.69) is 18.8 Å². The molecule has 0 aliphatic rings. The molecular formula is C12H23N. The first-order valence-corrected chi connectivity index (χ1v) is 5.11. The van der Waals surface area contributed by atoms with Gasteiger partial charge in [0.25, 0.3) is 0 Å². The molecule has 0 aliphatic heterocycles. The highest BCUT2D eigenvalue weighted by Crippen LogP contribution is 1.93. The molecule has 13 heavy (non-hydrogen) atoms. The number of nitrogens with zero attached hydrogens (tertiary/aromatic N) is 1. The molecule has 0 N–H and O–H groups in total. The van der Waals surface area contributed by atoms with Crippen molar-refractivity contribution in [1.82, 2.24) is 4.98 Å². The van der Waals surface area contributed by atoms with Crippen molar-refractivity contribution in [3.8, 4) is 0 Å². The predicted molar refractivity (Wildman–Crippen MR) is 61.0 cm³/mol. The maximum absolute atomic E-state index is 4.17. The number of pyridine rings is 1. The van der Waals surface area contributed by atoms with Crippen molar-refractivity contribution in [2.75, 3.05) is 0 Å². The van der Waals surface area contributed by atoms with Gasteiger partial charge in [-0.05, 0) is 26.0 Å². The molecule has 0 aromatic carbocycles. The van der Waals surface area contributed by atoms with Gasteiger partial charge in [0.15, 0.2) is 0 Å². The Balaban J connectivity index is 0. The Bertz CT molecular complexity index is 177. The largest absolute Gasteiger partial charge is 0.258 e. The number of aryl methyl sites for hydroxylation is 2. The van der Waals surface area contributed by atoms with Crippen LogP contribution in [-0.4, -0.2) is 4.98 Å². The van der Waals surface area contributed by atoms with Crippen LogP contribution in [0, 0.1) is 13.8 Å². The molecule has 0 aliphatic carbocycles. The van der Waals surface area contributed by atoms with Gasteiger partial charge in [-0.15, -0.1) is 0 Å². The van der Waals surface area contributed by atoms with E-state index in [1.54, 1.807) is 0 Å². The Labute approximate surface area is 83.2 Å². The average Bonchev–Trinajstić information content (AvgIpc) is 2.08. The molecular weight excluding hydrogens is 158 g/mol. The van der Waals surface area contributed by atoms with Crippen LogP contribution in [0.4, 0.5) is 0 Å². The van der Waals surface area contributed by atoms with Crippen molar-refractivity contribution >= 4 is 0 Å². The summed E-state index contributed by atoms with van der Waals surface area (Å²) in [6.45, 7) is 12.2. The lowest BCUT2D eigenvalue weighted by Gasteiger charge is -1.90. The molecule has 1 nitrogen and oxygen atoms in total. The quantitative estimate of drug-likeness (QED) is 0.586. The molecule has 76 valence electrons. The smallest absolute Gasteiger partial charge is 0.0375 e. The van der Waals surface area contributed by atoms with Gasteiger partial charge < -0.3 is 0 Å². The first-order chi connectivity index (χ1) is 6.20. The number of hydrogen-bond donors (Lipinski definition) is 0. The number of rotatable bonds is 0. The monoisotopic (exact) mass is 181 g/mol. The lowest BCUT2D eigenvalue weighted by molar-refractivity contribution is 1.09. The summed E-state index contributed by atoms with van der Waals surface area (Å²) in [4.78, 5) is 4.17. The van der Waals surface area contributed by atoms with Crippen LogP contribution in [0.15, 0.2) is 18.2 Å². The highest BCUT2D eigenvalue weighted by Gasteiger charge is 1.82. The highest BCUT2D eigenvalue weighted by molar-refractivity contribution is 5.07. The van der Waals surface area contributed by atoms with Gasteiger partial charge in [0, 0.05) is 11.4 Å². The average molecular weight is 181 g/mol. The molecule has 0 saturated heterocycles. The van der Waals surface area contributed by atoms with Crippen LogP contribution < -0.4 is 0 Å². The topological polar surface area (TPSA) is 12.9 Å². The van der Waals surface area contributed by atoms with E-state index < -0.39 is 0 Å². The lowest BCUT2D eigenvalue weighted by atomic mass is 10.3. The third kappa shape index (κ3) is 11.1. The molecule has 0 fully saturated rings. The first-order valence-electron chi connectivity index (χ1n) is 5.11. The molecule has 0 atom stereocenters. The van der Waals surface area contributed by atoms with Crippen LogP contribution >= 0.6 is 0 Å². The zero-order chi connectivity index (χ0) is 10.7. The van der Waals surface area contributed by atoms with Gasteiger partial charge in [-0.2, -0.15) is 0 Å². The summed E-state index contributed by atoms with van der Waals surface area (Å²) in [7, 11) is 0. The highest BCUT2D eigenvalue weighted by atomic mass is 14.7. The minimum absolute atomic E-state index is 1.09. The summed E-state index contributed by atoms with van der Waals surface area (Å²) in [6.07, 6.45) is 1.25. The van der Waals surface area contributed by atoms with Crippen molar-refractivity contribution in [3.05, 3.63) is 29.6 Å². The van der Waals surface area contributed by atoms with Crippen molar-refractivity contribution in [2.45, 2.75) is 48.0 Å². The summed E-state index contributed by atoms with van der Waals surface area (Å²) in [5.41, 5.74) is 2.18. The van der Waals surface area contributed by atoms with Crippen molar-refractivity contribution < 1.29 is 0 Å². The summed E-state index contributed by atoms with van der Waals surface area (Å²) >= 11 is 0. The van der Waals surface area contributed by atoms with E-state index in [0.29, 0.717) is 0 Å². The van der Waals surface area contributed by atoms with E-state index in [-0.39, 0.29) is 0 Å². The standard InChI is InChI=1S/C7H9N.C3H8.C2H6/c1-6-4-3-5-7(2)8-6;1-3-2;1-2/h3-5H,1-2H3;3H2,1-2H3;1-2H3. The number of hydrogen-bond acceptors (Lipinski definition) is 1. The second-order valence-electron chi connectivity index (χ2n) is 2.63. The molecule has 1 rings (SSSR count). The zero-order valence-electron chi connectivity index (χ0n) is 9.89. The first kappa shape index (κ1) is 14.7. The van der Waals surface area contributed by atoms with E-state index in [4.69, 9.17) is 0 Å². The molecule has 1 aromatic rings. The van der Waals surface area contributed by atoms with Gasteiger partial charge in [-0.25, -0.2) is 0 Å². The van der Waals surface area contributed by atoms with Crippen molar-refractivity contribution in [1.29, 1.82) is 0 Å². The fourth-order valence-electron chi connectivity index (χ4n) is 0.679. The van der Waals surface area contributed by atoms with Gasteiger partial charge in [0.2, 0.25) is 0 Å². The molecule has 0 bridgehead atoms. The minimum Gasteiger partial charge on any atom is -0.258 e. The van der Waals surface area contributed by atoms with Crippen molar-refractivity contribution in [2.24, 2.45) is 0 Å². The van der Waals surface area contributed by atoms with Crippen molar-refractivity contribution in [3.63, 3.8) is 0 Å². The van der Waals surface area contributed by atoms with Gasteiger partial charge in [0.1, 0.15) is 0 Å². The van der Waals surface area contributed by atoms with Gasteiger partial charge in [-0.1, -0.05) is 40.2 Å². The molecule has 1 aromatic heterocycles. The fourth-order valence-corrected chi connectivity index (χ4v) is 0.679. The lowest BCUT2D eigenvalue weighted by Crippen LogP contribution is -1.81. The fraction of sp³-hybridized carbons (Fsp3) is 0.583. The minimum atomic E-state index is 1.09. The van der Waals surface area contributed by atoms with E-state index in [1.807, 2.05) is 45.9 Å². The summed E-state index contributed by atoms with van der Waals surface area (Å²) < 4.78 is 0. The third-order valence-corrected chi connectivity index (χ3v) is 1.03. The van der Waals surface area contributed by atoms with E-state index in [1.165, 1.54) is 6.42 Å². The maximum Gasteiger partial charge on any atom is 0.0375 e. The molecule has 0 radical (unpaired) electrons. The normalized spacial score (nSPS) is 7.54. The van der Waals surface area contributed by atoms with Crippen LogP contribution in [0.2, 0.25) is 0 Å². The summed E-state index contributed by atoms with van der Waals surface area (Å²) in [5, 5.41) is 0. The van der Waals surface area contributed by atoms with Crippen LogP contribution in [0.5, 0.6) is 0 Å². The SMILES string of the molecule is CC.CCC.Cc1cccc(C)n1. The molecule has 0 spiro atoms. The van der Waals surface area contributed by atoms with E-state index in [0.717, 1.165) is 11.4 Å².